The van der Waals surface area contributed by atoms with Crippen molar-refractivity contribution >= 4 is 5.78 Å². The van der Waals surface area contributed by atoms with Gasteiger partial charge in [0.2, 0.25) is 0 Å². The normalized spacial score (nSPS) is 32.2. The maximum atomic E-state index is 11.2. The van der Waals surface area contributed by atoms with Gasteiger partial charge in [0.05, 0.1) is 0 Å². The molecule has 1 rings (SSSR count). The van der Waals surface area contributed by atoms with Crippen molar-refractivity contribution in [1.82, 2.24) is 0 Å². The third-order valence-corrected chi connectivity index (χ3v) is 2.75. The highest BCUT2D eigenvalue weighted by Crippen LogP contribution is 2.42. The van der Waals surface area contributed by atoms with Crippen LogP contribution < -0.4 is 0 Å². The molecule has 0 aromatic rings. The molecule has 0 aromatic heterocycles. The topological polar surface area (TPSA) is 37.3 Å². The Kier molecular flexibility index (Phi) is 2.09. The lowest BCUT2D eigenvalue weighted by Crippen LogP contribution is -2.48. The monoisotopic (exact) mass is 178 g/mol. The van der Waals surface area contributed by atoms with E-state index in [0.29, 0.717) is 12.0 Å². The Morgan fingerprint density at radius 1 is 1.62 bits per heavy atom. The summed E-state index contributed by atoms with van der Waals surface area (Å²) in [5.74, 6) is 2.41. The van der Waals surface area contributed by atoms with Gasteiger partial charge in [0.1, 0.15) is 0 Å². The SMILES string of the molecule is C#CC1(O)C(C)=CC(=O)CC1(C)C. The lowest BCUT2D eigenvalue weighted by molar-refractivity contribution is -0.121. The van der Waals surface area contributed by atoms with Crippen molar-refractivity contribution in [3.63, 3.8) is 0 Å². The number of hydrogen-bond donors (Lipinski definition) is 1. The van der Waals surface area contributed by atoms with Gasteiger partial charge in [-0.05, 0) is 18.6 Å². The van der Waals surface area contributed by atoms with Gasteiger partial charge in [-0.3, -0.25) is 4.79 Å². The second-order valence-corrected chi connectivity index (χ2v) is 4.21. The molecule has 0 bridgehead atoms. The van der Waals surface area contributed by atoms with Crippen molar-refractivity contribution in [2.45, 2.75) is 32.8 Å². The number of hydrogen-bond acceptors (Lipinski definition) is 2. The Bertz CT molecular complexity index is 317. The van der Waals surface area contributed by atoms with Gasteiger partial charge in [0.25, 0.3) is 0 Å². The average Bonchev–Trinajstić information content (AvgIpc) is 1.98. The summed E-state index contributed by atoms with van der Waals surface area (Å²) in [5.41, 5.74) is -1.28. The molecule has 1 aliphatic rings. The Morgan fingerprint density at radius 2 is 2.15 bits per heavy atom. The van der Waals surface area contributed by atoms with Gasteiger partial charge < -0.3 is 5.11 Å². The van der Waals surface area contributed by atoms with Crippen molar-refractivity contribution in [2.75, 3.05) is 0 Å². The number of terminal acetylenes is 1. The van der Waals surface area contributed by atoms with Crippen LogP contribution in [0.25, 0.3) is 0 Å². The van der Waals surface area contributed by atoms with Gasteiger partial charge in [-0.1, -0.05) is 19.8 Å². The fraction of sp³-hybridized carbons (Fsp3) is 0.545. The first-order valence-electron chi connectivity index (χ1n) is 4.25. The molecule has 0 spiro atoms. The molecule has 0 fully saturated rings. The van der Waals surface area contributed by atoms with Gasteiger partial charge in [0, 0.05) is 11.8 Å². The third kappa shape index (κ3) is 1.30. The predicted molar refractivity (Wildman–Crippen MR) is 50.9 cm³/mol. The molecule has 1 unspecified atom stereocenters. The van der Waals surface area contributed by atoms with Crippen LogP contribution in [0.2, 0.25) is 0 Å². The standard InChI is InChI=1S/C11H14O2/c1-5-11(13)8(2)6-9(12)7-10(11,3)4/h1,6,13H,7H2,2-4H3. The molecule has 13 heavy (non-hydrogen) atoms. The molecular weight excluding hydrogens is 164 g/mol. The summed E-state index contributed by atoms with van der Waals surface area (Å²) in [4.78, 5) is 11.2. The number of carbonyl (C=O) groups excluding carboxylic acids is 1. The Hall–Kier alpha value is -1.07. The van der Waals surface area contributed by atoms with Crippen LogP contribution in [-0.4, -0.2) is 16.5 Å². The van der Waals surface area contributed by atoms with Gasteiger partial charge in [0.15, 0.2) is 11.4 Å². The van der Waals surface area contributed by atoms with Gasteiger partial charge in [-0.15, -0.1) is 6.42 Å². The first-order chi connectivity index (χ1) is 5.83. The summed E-state index contributed by atoms with van der Waals surface area (Å²) in [6, 6.07) is 0. The molecule has 2 heteroatoms. The van der Waals surface area contributed by atoms with Gasteiger partial charge >= 0.3 is 0 Å². The number of ketones is 1. The average molecular weight is 178 g/mol. The van der Waals surface area contributed by atoms with E-state index in [0.717, 1.165) is 0 Å². The minimum absolute atomic E-state index is 0.0300. The molecule has 1 aliphatic carbocycles. The molecular formula is C11H14O2. The lowest BCUT2D eigenvalue weighted by Gasteiger charge is -2.41. The summed E-state index contributed by atoms with van der Waals surface area (Å²) < 4.78 is 0. The Morgan fingerprint density at radius 3 is 2.54 bits per heavy atom. The van der Waals surface area contributed by atoms with Crippen LogP contribution in [0, 0.1) is 17.8 Å². The first kappa shape index (κ1) is 10.0. The van der Waals surface area contributed by atoms with Crippen molar-refractivity contribution < 1.29 is 9.90 Å². The minimum Gasteiger partial charge on any atom is -0.373 e. The summed E-state index contributed by atoms with van der Waals surface area (Å²) in [6.07, 6.45) is 7.03. The molecule has 1 N–H and O–H groups in total. The van der Waals surface area contributed by atoms with E-state index < -0.39 is 11.0 Å². The van der Waals surface area contributed by atoms with Crippen LogP contribution in [0.3, 0.4) is 0 Å². The molecule has 1 atom stereocenters. The van der Waals surface area contributed by atoms with Crippen LogP contribution in [-0.2, 0) is 4.79 Å². The minimum atomic E-state index is -1.28. The van der Waals surface area contributed by atoms with Crippen molar-refractivity contribution in [3.05, 3.63) is 11.6 Å². The van der Waals surface area contributed by atoms with E-state index in [9.17, 15) is 9.90 Å². The zero-order valence-electron chi connectivity index (χ0n) is 8.22. The zero-order chi connectivity index (χ0) is 10.3. The number of carbonyl (C=O) groups is 1. The van der Waals surface area contributed by atoms with Crippen LogP contribution in [0.1, 0.15) is 27.2 Å². The smallest absolute Gasteiger partial charge is 0.156 e. The highest BCUT2D eigenvalue weighted by molar-refractivity contribution is 5.93. The van der Waals surface area contributed by atoms with Gasteiger partial charge in [-0.2, -0.15) is 0 Å². The molecule has 0 aromatic carbocycles. The lowest BCUT2D eigenvalue weighted by atomic mass is 9.65. The molecule has 0 amide bonds. The second kappa shape index (κ2) is 2.71. The highest BCUT2D eigenvalue weighted by Gasteiger charge is 2.47. The molecule has 0 heterocycles. The molecule has 0 saturated heterocycles. The van der Waals surface area contributed by atoms with Gasteiger partial charge in [-0.25, -0.2) is 0 Å². The van der Waals surface area contributed by atoms with E-state index in [4.69, 9.17) is 6.42 Å². The zero-order valence-corrected chi connectivity index (χ0v) is 8.22. The predicted octanol–water partition coefficient (Wildman–Crippen LogP) is 1.30. The molecule has 70 valence electrons. The van der Waals surface area contributed by atoms with E-state index in [1.807, 2.05) is 0 Å². The number of aliphatic hydroxyl groups is 1. The van der Waals surface area contributed by atoms with Crippen LogP contribution >= 0.6 is 0 Å². The van der Waals surface area contributed by atoms with Crippen LogP contribution in [0.5, 0.6) is 0 Å². The third-order valence-electron chi connectivity index (χ3n) is 2.75. The van der Waals surface area contributed by atoms with Crippen molar-refractivity contribution in [3.8, 4) is 12.3 Å². The summed E-state index contributed by atoms with van der Waals surface area (Å²) in [7, 11) is 0. The Balaban J connectivity index is 3.28. The van der Waals surface area contributed by atoms with E-state index in [-0.39, 0.29) is 5.78 Å². The summed E-state index contributed by atoms with van der Waals surface area (Å²) >= 11 is 0. The molecule has 0 radical (unpaired) electrons. The maximum Gasteiger partial charge on any atom is 0.156 e. The summed E-state index contributed by atoms with van der Waals surface area (Å²) in [5, 5.41) is 10.1. The fourth-order valence-corrected chi connectivity index (χ4v) is 1.80. The first-order valence-corrected chi connectivity index (χ1v) is 4.25. The Labute approximate surface area is 78.6 Å². The number of rotatable bonds is 0. The van der Waals surface area contributed by atoms with E-state index in [2.05, 4.69) is 5.92 Å². The number of allylic oxidation sites excluding steroid dienone is 1. The quantitative estimate of drug-likeness (QED) is 0.568. The molecule has 2 nitrogen and oxygen atoms in total. The maximum absolute atomic E-state index is 11.2. The fourth-order valence-electron chi connectivity index (χ4n) is 1.80. The summed E-state index contributed by atoms with van der Waals surface area (Å²) in [6.45, 7) is 5.31. The van der Waals surface area contributed by atoms with E-state index >= 15 is 0 Å². The van der Waals surface area contributed by atoms with Crippen molar-refractivity contribution in [2.24, 2.45) is 5.41 Å². The highest BCUT2D eigenvalue weighted by atomic mass is 16.3. The molecule has 0 aliphatic heterocycles. The van der Waals surface area contributed by atoms with E-state index in [1.54, 1.807) is 20.8 Å². The van der Waals surface area contributed by atoms with E-state index in [1.165, 1.54) is 6.08 Å². The van der Waals surface area contributed by atoms with Crippen molar-refractivity contribution in [1.29, 1.82) is 0 Å². The second-order valence-electron chi connectivity index (χ2n) is 4.21. The van der Waals surface area contributed by atoms with Crippen LogP contribution in [0.15, 0.2) is 11.6 Å². The van der Waals surface area contributed by atoms with Crippen LogP contribution in [0.4, 0.5) is 0 Å². The molecule has 0 saturated carbocycles. The largest absolute Gasteiger partial charge is 0.373 e.